The number of aliphatic carboxylic acids is 1. The summed E-state index contributed by atoms with van der Waals surface area (Å²) in [5.41, 5.74) is 1.27. The normalized spacial score (nSPS) is 17.1. The van der Waals surface area contributed by atoms with E-state index in [-0.39, 0.29) is 5.69 Å². The van der Waals surface area contributed by atoms with Crippen molar-refractivity contribution in [3.8, 4) is 0 Å². The molecule has 1 aromatic carbocycles. The lowest BCUT2D eigenvalue weighted by molar-refractivity contribution is -0.385. The van der Waals surface area contributed by atoms with E-state index in [1.165, 1.54) is 25.8 Å². The number of carbonyl (C=O) groups is 1. The maximum absolute atomic E-state index is 11.2. The zero-order valence-corrected chi connectivity index (χ0v) is 11.5. The molecule has 0 saturated heterocycles. The monoisotopic (exact) mass is 277 g/mol. The Morgan fingerprint density at radius 2 is 2.10 bits per heavy atom. The molecule has 108 valence electrons. The molecule has 0 heterocycles. The van der Waals surface area contributed by atoms with Crippen molar-refractivity contribution in [3.63, 3.8) is 0 Å². The Kier molecular flexibility index (Phi) is 4.37. The first-order valence-corrected chi connectivity index (χ1v) is 6.99. The maximum atomic E-state index is 11.2. The van der Waals surface area contributed by atoms with Crippen LogP contribution in [0.15, 0.2) is 18.2 Å². The van der Waals surface area contributed by atoms with Crippen LogP contribution in [0, 0.1) is 16.0 Å². The molecule has 1 unspecified atom stereocenters. The molecule has 0 spiro atoms. The predicted octanol–water partition coefficient (Wildman–Crippen LogP) is 3.52. The smallest absolute Gasteiger partial charge is 0.310 e. The van der Waals surface area contributed by atoms with Gasteiger partial charge in [-0.25, -0.2) is 0 Å². The fraction of sp³-hybridized carbons (Fsp3) is 0.533. The Balaban J connectivity index is 2.27. The van der Waals surface area contributed by atoms with Crippen molar-refractivity contribution in [1.82, 2.24) is 0 Å². The lowest BCUT2D eigenvalue weighted by Crippen LogP contribution is -2.09. The molecular weight excluding hydrogens is 258 g/mol. The van der Waals surface area contributed by atoms with Gasteiger partial charge in [0.25, 0.3) is 5.69 Å². The Bertz CT molecular complexity index is 521. The first-order valence-electron chi connectivity index (χ1n) is 6.99. The van der Waals surface area contributed by atoms with Gasteiger partial charge < -0.3 is 5.11 Å². The van der Waals surface area contributed by atoms with Gasteiger partial charge in [0.1, 0.15) is 0 Å². The van der Waals surface area contributed by atoms with Crippen LogP contribution in [0.5, 0.6) is 0 Å². The average Bonchev–Trinajstić information content (AvgIpc) is 2.91. The molecule has 0 radical (unpaired) electrons. The largest absolute Gasteiger partial charge is 0.481 e. The highest BCUT2D eigenvalue weighted by atomic mass is 16.6. The summed E-state index contributed by atoms with van der Waals surface area (Å²) in [5, 5.41) is 20.2. The molecule has 1 fully saturated rings. The first kappa shape index (κ1) is 14.5. The highest BCUT2D eigenvalue weighted by molar-refractivity contribution is 5.76. The van der Waals surface area contributed by atoms with E-state index in [1.807, 2.05) is 0 Å². The van der Waals surface area contributed by atoms with Crippen molar-refractivity contribution in [2.75, 3.05) is 0 Å². The third-order valence-corrected chi connectivity index (χ3v) is 4.16. The second kappa shape index (κ2) is 6.03. The van der Waals surface area contributed by atoms with Crippen LogP contribution in [0.25, 0.3) is 0 Å². The fourth-order valence-electron chi connectivity index (χ4n) is 2.86. The van der Waals surface area contributed by atoms with Gasteiger partial charge in [0, 0.05) is 11.6 Å². The molecule has 2 rings (SSSR count). The summed E-state index contributed by atoms with van der Waals surface area (Å²) < 4.78 is 0. The molecule has 20 heavy (non-hydrogen) atoms. The van der Waals surface area contributed by atoms with E-state index in [1.54, 1.807) is 12.1 Å². The van der Waals surface area contributed by atoms with Crippen molar-refractivity contribution in [2.45, 2.75) is 44.9 Å². The fourth-order valence-corrected chi connectivity index (χ4v) is 2.86. The predicted molar refractivity (Wildman–Crippen MR) is 74.8 cm³/mol. The second-order valence-corrected chi connectivity index (χ2v) is 5.56. The van der Waals surface area contributed by atoms with Crippen LogP contribution in [0.4, 0.5) is 5.69 Å². The SMILES string of the molecule is CC(C(=O)O)c1ccc(CC2CCCC2)c([N+](=O)[O-])c1. The molecule has 1 aliphatic rings. The van der Waals surface area contributed by atoms with Crippen LogP contribution < -0.4 is 0 Å². The zero-order valence-electron chi connectivity index (χ0n) is 11.5. The highest BCUT2D eigenvalue weighted by Crippen LogP contribution is 2.32. The third-order valence-electron chi connectivity index (χ3n) is 4.16. The number of nitro benzene ring substituents is 1. The average molecular weight is 277 g/mol. The summed E-state index contributed by atoms with van der Waals surface area (Å²) in [6.07, 6.45) is 5.38. The summed E-state index contributed by atoms with van der Waals surface area (Å²) in [4.78, 5) is 21.8. The number of hydrogen-bond donors (Lipinski definition) is 1. The molecule has 5 nitrogen and oxygen atoms in total. The van der Waals surface area contributed by atoms with Gasteiger partial charge in [-0.1, -0.05) is 37.8 Å². The van der Waals surface area contributed by atoms with Gasteiger partial charge in [0.05, 0.1) is 10.8 Å². The molecule has 1 aliphatic carbocycles. The van der Waals surface area contributed by atoms with Gasteiger partial charge in [-0.15, -0.1) is 0 Å². The van der Waals surface area contributed by atoms with Crippen molar-refractivity contribution in [2.24, 2.45) is 5.92 Å². The zero-order chi connectivity index (χ0) is 14.7. The van der Waals surface area contributed by atoms with E-state index in [2.05, 4.69) is 0 Å². The summed E-state index contributed by atoms with van der Waals surface area (Å²) in [7, 11) is 0. The molecule has 1 atom stereocenters. The standard InChI is InChI=1S/C15H19NO4/c1-10(15(17)18)12-6-7-13(14(9-12)16(19)20)8-11-4-2-3-5-11/h6-7,9-11H,2-5,8H2,1H3,(H,17,18). The van der Waals surface area contributed by atoms with Gasteiger partial charge >= 0.3 is 5.97 Å². The van der Waals surface area contributed by atoms with E-state index in [0.717, 1.165) is 24.8 Å². The van der Waals surface area contributed by atoms with E-state index < -0.39 is 16.8 Å². The lowest BCUT2D eigenvalue weighted by Gasteiger charge is -2.12. The van der Waals surface area contributed by atoms with Crippen LogP contribution >= 0.6 is 0 Å². The topological polar surface area (TPSA) is 80.4 Å². The second-order valence-electron chi connectivity index (χ2n) is 5.56. The van der Waals surface area contributed by atoms with Crippen LogP contribution in [0.3, 0.4) is 0 Å². The minimum atomic E-state index is -0.970. The molecule has 0 amide bonds. The van der Waals surface area contributed by atoms with Gasteiger partial charge in [0.2, 0.25) is 0 Å². The minimum Gasteiger partial charge on any atom is -0.481 e. The molecule has 1 aromatic rings. The number of carboxylic acid groups (broad SMARTS) is 1. The van der Waals surface area contributed by atoms with E-state index in [4.69, 9.17) is 5.11 Å². The summed E-state index contributed by atoms with van der Waals surface area (Å²) in [5.74, 6) is -1.17. The van der Waals surface area contributed by atoms with Gasteiger partial charge in [-0.2, -0.15) is 0 Å². The maximum Gasteiger partial charge on any atom is 0.310 e. The van der Waals surface area contributed by atoms with E-state index in [9.17, 15) is 14.9 Å². The van der Waals surface area contributed by atoms with Crippen LogP contribution in [-0.4, -0.2) is 16.0 Å². The number of nitro groups is 1. The van der Waals surface area contributed by atoms with Crippen molar-refractivity contribution >= 4 is 11.7 Å². The van der Waals surface area contributed by atoms with Crippen LogP contribution in [-0.2, 0) is 11.2 Å². The molecular formula is C15H19NO4. The Morgan fingerprint density at radius 1 is 1.45 bits per heavy atom. The molecule has 0 bridgehead atoms. The molecule has 0 aliphatic heterocycles. The molecule has 5 heteroatoms. The van der Waals surface area contributed by atoms with Gasteiger partial charge in [0.15, 0.2) is 0 Å². The summed E-state index contributed by atoms with van der Waals surface area (Å²) >= 11 is 0. The minimum absolute atomic E-state index is 0.0579. The molecule has 1 N–H and O–H groups in total. The number of carboxylic acids is 1. The molecule has 0 aromatic heterocycles. The summed E-state index contributed by atoms with van der Waals surface area (Å²) in [6.45, 7) is 1.54. The number of benzene rings is 1. The van der Waals surface area contributed by atoms with E-state index in [0.29, 0.717) is 11.5 Å². The Hall–Kier alpha value is -1.91. The number of hydrogen-bond acceptors (Lipinski definition) is 3. The number of rotatable bonds is 5. The van der Waals surface area contributed by atoms with E-state index >= 15 is 0 Å². The van der Waals surface area contributed by atoms with Crippen LogP contribution in [0.1, 0.15) is 49.7 Å². The third kappa shape index (κ3) is 3.15. The Morgan fingerprint density at radius 3 is 2.65 bits per heavy atom. The lowest BCUT2D eigenvalue weighted by atomic mass is 9.93. The quantitative estimate of drug-likeness (QED) is 0.659. The Labute approximate surface area is 117 Å². The highest BCUT2D eigenvalue weighted by Gasteiger charge is 2.23. The summed E-state index contributed by atoms with van der Waals surface area (Å²) in [6, 6.07) is 4.85. The van der Waals surface area contributed by atoms with Crippen molar-refractivity contribution < 1.29 is 14.8 Å². The van der Waals surface area contributed by atoms with Gasteiger partial charge in [-0.3, -0.25) is 14.9 Å². The first-order chi connectivity index (χ1) is 9.49. The van der Waals surface area contributed by atoms with Crippen LogP contribution in [0.2, 0.25) is 0 Å². The van der Waals surface area contributed by atoms with Crippen molar-refractivity contribution in [1.29, 1.82) is 0 Å². The molecule has 1 saturated carbocycles. The van der Waals surface area contributed by atoms with Crippen molar-refractivity contribution in [3.05, 3.63) is 39.4 Å². The number of nitrogens with zero attached hydrogens (tertiary/aromatic N) is 1. The van der Waals surface area contributed by atoms with Gasteiger partial charge in [-0.05, 0) is 24.8 Å².